The number of carbonyl (C=O) groups is 2. The molecule has 0 saturated carbocycles. The minimum atomic E-state index is -0.743. The molecule has 13 nitrogen and oxygen atoms in total. The van der Waals surface area contributed by atoms with Gasteiger partial charge in [-0.3, -0.25) is 29.5 Å². The van der Waals surface area contributed by atoms with Crippen LogP contribution >= 0.6 is 0 Å². The highest BCUT2D eigenvalue weighted by Gasteiger charge is 2.57. The van der Waals surface area contributed by atoms with Gasteiger partial charge in [0.05, 0.1) is 40.5 Å². The lowest BCUT2D eigenvalue weighted by Crippen LogP contribution is -2.53. The predicted molar refractivity (Wildman–Crippen MR) is 200 cm³/mol. The number of aromatic nitrogens is 4. The topological polar surface area (TPSA) is 156 Å². The Balaban J connectivity index is 0.820. The Morgan fingerprint density at radius 2 is 1.13 bits per heavy atom. The fourth-order valence-corrected chi connectivity index (χ4v) is 6.56. The van der Waals surface area contributed by atoms with E-state index >= 15 is 0 Å². The molecular formula is C39H30B2N6O7. The molecule has 3 aliphatic heterocycles. The fraction of sp³-hybridized carbons (Fsp3) is 0.128. The maximum atomic E-state index is 13.1. The molecule has 6 aromatic rings. The van der Waals surface area contributed by atoms with Gasteiger partial charge in [0.2, 0.25) is 0 Å². The molecule has 2 amide bonds. The van der Waals surface area contributed by atoms with Crippen LogP contribution in [-0.4, -0.2) is 77.2 Å². The first-order chi connectivity index (χ1) is 26.5. The Morgan fingerprint density at radius 3 is 1.67 bits per heavy atom. The maximum Gasteiger partial charge on any atom is 0.496 e. The zero-order valence-electron chi connectivity index (χ0n) is 28.5. The summed E-state index contributed by atoms with van der Waals surface area (Å²) in [5, 5.41) is 5.86. The molecule has 4 atom stereocenters. The summed E-state index contributed by atoms with van der Waals surface area (Å²) < 4.78 is 31.1. The summed E-state index contributed by atoms with van der Waals surface area (Å²) in [6, 6.07) is 32.7. The second-order valence-corrected chi connectivity index (χ2v) is 12.8. The molecule has 2 aromatic carbocycles. The number of nitrogens with one attached hydrogen (secondary N) is 2. The van der Waals surface area contributed by atoms with Crippen LogP contribution in [0.5, 0.6) is 0 Å². The second-order valence-electron chi connectivity index (χ2n) is 12.8. The highest BCUT2D eigenvalue weighted by atomic mass is 16.8. The van der Waals surface area contributed by atoms with Crippen molar-refractivity contribution in [3.63, 3.8) is 0 Å². The first-order valence-corrected chi connectivity index (χ1v) is 17.3. The van der Waals surface area contributed by atoms with Crippen molar-refractivity contribution in [3.05, 3.63) is 145 Å². The number of hydrogen-bond acceptors (Lipinski definition) is 11. The summed E-state index contributed by atoms with van der Waals surface area (Å²) in [7, 11) is -1.47. The first kappa shape index (κ1) is 33.7. The number of amides is 2. The largest absolute Gasteiger partial charge is 0.496 e. The Labute approximate surface area is 310 Å². The van der Waals surface area contributed by atoms with E-state index in [-0.39, 0.29) is 24.5 Å². The van der Waals surface area contributed by atoms with Crippen molar-refractivity contribution in [1.82, 2.24) is 19.9 Å². The van der Waals surface area contributed by atoms with Gasteiger partial charge in [0.25, 0.3) is 11.8 Å². The average Bonchev–Trinajstić information content (AvgIpc) is 3.80. The molecule has 3 aliphatic rings. The lowest BCUT2D eigenvalue weighted by Gasteiger charge is -2.32. The quantitative estimate of drug-likeness (QED) is 0.221. The molecule has 4 aromatic heterocycles. The van der Waals surface area contributed by atoms with Crippen LogP contribution < -0.4 is 21.6 Å². The van der Waals surface area contributed by atoms with E-state index in [2.05, 4.69) is 30.6 Å². The third kappa shape index (κ3) is 7.01. The summed E-state index contributed by atoms with van der Waals surface area (Å²) in [5.74, 6) is -0.607. The zero-order chi connectivity index (χ0) is 36.4. The fourth-order valence-electron chi connectivity index (χ4n) is 6.56. The molecule has 264 valence electrons. The van der Waals surface area contributed by atoms with Crippen LogP contribution in [0.2, 0.25) is 0 Å². The van der Waals surface area contributed by atoms with Crippen LogP contribution in [0.4, 0.5) is 11.4 Å². The minimum absolute atomic E-state index is 0.268. The van der Waals surface area contributed by atoms with Gasteiger partial charge in [-0.15, -0.1) is 0 Å². The van der Waals surface area contributed by atoms with Crippen molar-refractivity contribution in [3.8, 4) is 22.8 Å². The molecule has 0 aliphatic carbocycles. The Morgan fingerprint density at radius 1 is 0.574 bits per heavy atom. The Kier molecular flexibility index (Phi) is 9.20. The number of benzene rings is 2. The number of rotatable bonds is 8. The van der Waals surface area contributed by atoms with E-state index in [1.807, 2.05) is 66.7 Å². The van der Waals surface area contributed by atoms with E-state index in [1.54, 1.807) is 54.9 Å². The first-order valence-electron chi connectivity index (χ1n) is 17.3. The standard InChI is InChI=1S/C39H30B2N6O7/c48-37(24-13-15-32(44-21-24)30-11-1-3-17-42-30)46-28-9-5-7-26(19-28)40-50-23-34-35(52-40)36-39(51-34)54-41(53-36)27-8-6-10-29(20-27)47-38(49)25-14-16-33(45-22-25)31-12-2-4-18-43-31/h1-22,34-36,39H,23H2,(H,46,48)(H,47,49)/t34-,35+,36-,39+/m0/s1. The summed E-state index contributed by atoms with van der Waals surface area (Å²) in [6.07, 6.45) is 4.41. The van der Waals surface area contributed by atoms with E-state index < -0.39 is 32.7 Å². The van der Waals surface area contributed by atoms with Gasteiger partial charge in [-0.05, 0) is 83.7 Å². The molecule has 0 unspecified atom stereocenters. The van der Waals surface area contributed by atoms with Crippen LogP contribution in [0.25, 0.3) is 22.8 Å². The van der Waals surface area contributed by atoms with Gasteiger partial charge in [0.1, 0.15) is 18.3 Å². The maximum absolute atomic E-state index is 13.1. The van der Waals surface area contributed by atoms with Crippen LogP contribution in [0, 0.1) is 0 Å². The molecular weight excluding hydrogens is 686 g/mol. The van der Waals surface area contributed by atoms with E-state index in [0.717, 1.165) is 16.9 Å². The molecule has 3 fully saturated rings. The summed E-state index contributed by atoms with van der Waals surface area (Å²) >= 11 is 0. The van der Waals surface area contributed by atoms with Gasteiger partial charge < -0.3 is 34.0 Å². The minimum Gasteiger partial charge on any atom is -0.404 e. The Hall–Kier alpha value is -6.09. The molecule has 3 saturated heterocycles. The average molecular weight is 716 g/mol. The van der Waals surface area contributed by atoms with E-state index in [4.69, 9.17) is 23.4 Å². The molecule has 9 rings (SSSR count). The normalized spacial score (nSPS) is 20.2. The lowest BCUT2D eigenvalue weighted by molar-refractivity contribution is -0.0989. The monoisotopic (exact) mass is 716 g/mol. The molecule has 0 bridgehead atoms. The third-order valence-electron chi connectivity index (χ3n) is 9.24. The van der Waals surface area contributed by atoms with Crippen molar-refractivity contribution in [1.29, 1.82) is 0 Å². The van der Waals surface area contributed by atoms with Crippen LogP contribution in [0.15, 0.2) is 134 Å². The smallest absolute Gasteiger partial charge is 0.404 e. The summed E-state index contributed by atoms with van der Waals surface area (Å²) in [6.45, 7) is 0.268. The Bertz CT molecular complexity index is 2290. The number of hydrogen-bond donors (Lipinski definition) is 2. The van der Waals surface area contributed by atoms with E-state index in [9.17, 15) is 9.59 Å². The van der Waals surface area contributed by atoms with Gasteiger partial charge in [0, 0.05) is 36.2 Å². The van der Waals surface area contributed by atoms with Gasteiger partial charge in [-0.25, -0.2) is 0 Å². The van der Waals surface area contributed by atoms with Crippen molar-refractivity contribution in [2.75, 3.05) is 17.2 Å². The van der Waals surface area contributed by atoms with Crippen molar-refractivity contribution < 1.29 is 32.9 Å². The van der Waals surface area contributed by atoms with Gasteiger partial charge in [-0.2, -0.15) is 0 Å². The number of anilines is 2. The highest BCUT2D eigenvalue weighted by Crippen LogP contribution is 2.35. The molecule has 0 radical (unpaired) electrons. The van der Waals surface area contributed by atoms with E-state index in [0.29, 0.717) is 39.4 Å². The second kappa shape index (κ2) is 14.7. The van der Waals surface area contributed by atoms with Gasteiger partial charge >= 0.3 is 14.2 Å². The SMILES string of the molecule is O=C(Nc1cccc(B2O[C@H]3O[C@H]4COB(c5cccc(NC(=O)c6ccc(-c7ccccn7)nc6)c5)O[C@H]4[C@@H]3O2)c1)c1ccc(-c2ccccn2)nc1. The van der Waals surface area contributed by atoms with Gasteiger partial charge in [0.15, 0.2) is 6.29 Å². The number of nitrogens with zero attached hydrogens (tertiary/aromatic N) is 4. The highest BCUT2D eigenvalue weighted by molar-refractivity contribution is 6.62. The number of carbonyl (C=O) groups excluding carboxylic acids is 2. The lowest BCUT2D eigenvalue weighted by atomic mass is 9.76. The van der Waals surface area contributed by atoms with Crippen molar-refractivity contribution in [2.24, 2.45) is 0 Å². The molecule has 2 N–H and O–H groups in total. The van der Waals surface area contributed by atoms with Crippen LogP contribution in [0.3, 0.4) is 0 Å². The molecule has 15 heteroatoms. The zero-order valence-corrected chi connectivity index (χ0v) is 28.5. The number of fused-ring (bicyclic) bond motifs is 3. The van der Waals surface area contributed by atoms with Crippen molar-refractivity contribution in [2.45, 2.75) is 24.6 Å². The van der Waals surface area contributed by atoms with Gasteiger partial charge in [-0.1, -0.05) is 36.4 Å². The molecule has 54 heavy (non-hydrogen) atoms. The molecule has 0 spiro atoms. The number of ether oxygens (including phenoxy) is 1. The van der Waals surface area contributed by atoms with Crippen LogP contribution in [-0.2, 0) is 23.4 Å². The summed E-state index contributed by atoms with van der Waals surface area (Å²) in [5.41, 5.74) is 6.20. The number of pyridine rings is 4. The third-order valence-corrected chi connectivity index (χ3v) is 9.24. The molecule has 7 heterocycles. The summed E-state index contributed by atoms with van der Waals surface area (Å²) in [4.78, 5) is 43.5. The predicted octanol–water partition coefficient (Wildman–Crippen LogP) is 3.75. The van der Waals surface area contributed by atoms with E-state index in [1.165, 1.54) is 12.4 Å². The van der Waals surface area contributed by atoms with Crippen LogP contribution in [0.1, 0.15) is 20.7 Å². The van der Waals surface area contributed by atoms with Crippen molar-refractivity contribution >= 4 is 48.4 Å².